The molecule has 1 amide bonds. The predicted molar refractivity (Wildman–Crippen MR) is 90.5 cm³/mol. The molecule has 3 rings (SSSR count). The van der Waals surface area contributed by atoms with Gasteiger partial charge in [0.25, 0.3) is 5.91 Å². The molecule has 0 N–H and O–H groups in total. The Kier molecular flexibility index (Phi) is 5.07. The first-order valence-electron chi connectivity index (χ1n) is 8.74. The summed E-state index contributed by atoms with van der Waals surface area (Å²) in [5.74, 6) is 0.478. The van der Waals surface area contributed by atoms with Gasteiger partial charge in [-0.05, 0) is 37.8 Å². The van der Waals surface area contributed by atoms with Crippen molar-refractivity contribution in [2.45, 2.75) is 45.3 Å². The van der Waals surface area contributed by atoms with Crippen LogP contribution in [0.15, 0.2) is 35.0 Å². The summed E-state index contributed by atoms with van der Waals surface area (Å²) in [5, 5.41) is 3.71. The maximum Gasteiger partial charge on any atom is 0.416 e. The lowest BCUT2D eigenvalue weighted by molar-refractivity contribution is -0.137. The van der Waals surface area contributed by atoms with Crippen LogP contribution in [0, 0.1) is 5.92 Å². The molecule has 0 bridgehead atoms. The van der Waals surface area contributed by atoms with E-state index in [0.717, 1.165) is 31.4 Å². The maximum atomic E-state index is 13.0. The average Bonchev–Trinajstić information content (AvgIpc) is 3.10. The van der Waals surface area contributed by atoms with Gasteiger partial charge in [0, 0.05) is 18.2 Å². The molecule has 26 heavy (non-hydrogen) atoms. The second kappa shape index (κ2) is 7.13. The number of aromatic nitrogens is 1. The minimum atomic E-state index is -4.41. The number of carbonyl (C=O) groups excluding carboxylic acids is 1. The number of rotatable bonds is 3. The Bertz CT molecular complexity index is 768. The number of benzene rings is 1. The standard InChI is InChI=1S/C19H21F3N2O2/c1-3-13-5-4-12(2)24(11-13)18(25)16-10-23-26-17(16)14-6-8-15(9-7-14)19(20,21)22/h6-10,12-13H,3-5,11H2,1-2H3. The van der Waals surface area contributed by atoms with Crippen LogP contribution in [0.25, 0.3) is 11.3 Å². The summed E-state index contributed by atoms with van der Waals surface area (Å²) in [6, 6.07) is 4.66. The molecule has 2 heterocycles. The fraction of sp³-hybridized carbons (Fsp3) is 0.474. The van der Waals surface area contributed by atoms with Crippen molar-refractivity contribution in [2.24, 2.45) is 5.92 Å². The van der Waals surface area contributed by atoms with Gasteiger partial charge in [-0.25, -0.2) is 0 Å². The molecule has 1 aliphatic rings. The van der Waals surface area contributed by atoms with Gasteiger partial charge in [-0.15, -0.1) is 0 Å². The SMILES string of the molecule is CCC1CCC(C)N(C(=O)c2cnoc2-c2ccc(C(F)(F)F)cc2)C1. The molecule has 7 heteroatoms. The minimum absolute atomic E-state index is 0.112. The van der Waals surface area contributed by atoms with Gasteiger partial charge in [-0.1, -0.05) is 30.6 Å². The molecule has 1 aromatic carbocycles. The van der Waals surface area contributed by atoms with E-state index in [2.05, 4.69) is 12.1 Å². The monoisotopic (exact) mass is 366 g/mol. The second-order valence-corrected chi connectivity index (χ2v) is 6.80. The Morgan fingerprint density at radius 3 is 2.58 bits per heavy atom. The third-order valence-electron chi connectivity index (χ3n) is 5.09. The topological polar surface area (TPSA) is 46.3 Å². The fourth-order valence-corrected chi connectivity index (χ4v) is 3.36. The smallest absolute Gasteiger partial charge is 0.355 e. The van der Waals surface area contributed by atoms with Gasteiger partial charge in [-0.2, -0.15) is 13.2 Å². The summed E-state index contributed by atoms with van der Waals surface area (Å²) >= 11 is 0. The third kappa shape index (κ3) is 3.61. The van der Waals surface area contributed by atoms with Gasteiger partial charge in [0.15, 0.2) is 5.76 Å². The molecule has 2 unspecified atom stereocenters. The number of hydrogen-bond acceptors (Lipinski definition) is 3. The predicted octanol–water partition coefficient (Wildman–Crippen LogP) is 5.01. The number of likely N-dealkylation sites (tertiary alicyclic amines) is 1. The highest BCUT2D eigenvalue weighted by Gasteiger charge is 2.33. The van der Waals surface area contributed by atoms with Crippen molar-refractivity contribution >= 4 is 5.91 Å². The zero-order valence-electron chi connectivity index (χ0n) is 14.7. The number of carbonyl (C=O) groups is 1. The number of nitrogens with zero attached hydrogens (tertiary/aromatic N) is 2. The van der Waals surface area contributed by atoms with Gasteiger partial charge >= 0.3 is 6.18 Å². The Balaban J connectivity index is 1.87. The van der Waals surface area contributed by atoms with Crippen molar-refractivity contribution in [1.82, 2.24) is 10.1 Å². The summed E-state index contributed by atoms with van der Waals surface area (Å²) < 4.78 is 43.4. The van der Waals surface area contributed by atoms with Crippen LogP contribution in [0.3, 0.4) is 0 Å². The number of amides is 1. The number of hydrogen-bond donors (Lipinski definition) is 0. The first kappa shape index (κ1) is 18.5. The molecule has 1 aromatic heterocycles. The van der Waals surface area contributed by atoms with E-state index in [-0.39, 0.29) is 23.3 Å². The fourth-order valence-electron chi connectivity index (χ4n) is 3.36. The lowest BCUT2D eigenvalue weighted by atomic mass is 9.91. The molecule has 1 saturated heterocycles. The van der Waals surface area contributed by atoms with E-state index < -0.39 is 11.7 Å². The van der Waals surface area contributed by atoms with E-state index in [4.69, 9.17) is 4.52 Å². The molecule has 0 spiro atoms. The zero-order valence-corrected chi connectivity index (χ0v) is 14.7. The van der Waals surface area contributed by atoms with Crippen molar-refractivity contribution in [3.8, 4) is 11.3 Å². The summed E-state index contributed by atoms with van der Waals surface area (Å²) in [4.78, 5) is 14.8. The largest absolute Gasteiger partial charge is 0.416 e. The lowest BCUT2D eigenvalue weighted by Gasteiger charge is -2.37. The summed E-state index contributed by atoms with van der Waals surface area (Å²) in [7, 11) is 0. The highest BCUT2D eigenvalue weighted by Crippen LogP contribution is 2.33. The van der Waals surface area contributed by atoms with E-state index in [9.17, 15) is 18.0 Å². The van der Waals surface area contributed by atoms with Gasteiger partial charge in [-0.3, -0.25) is 4.79 Å². The Morgan fingerprint density at radius 2 is 1.96 bits per heavy atom. The van der Waals surface area contributed by atoms with Crippen LogP contribution in [-0.2, 0) is 6.18 Å². The maximum absolute atomic E-state index is 13.0. The van der Waals surface area contributed by atoms with Crippen molar-refractivity contribution in [3.05, 3.63) is 41.6 Å². The van der Waals surface area contributed by atoms with Crippen LogP contribution in [0.2, 0.25) is 0 Å². The highest BCUT2D eigenvalue weighted by atomic mass is 19.4. The summed E-state index contributed by atoms with van der Waals surface area (Å²) in [6.45, 7) is 4.79. The minimum Gasteiger partial charge on any atom is -0.355 e. The molecule has 1 aliphatic heterocycles. The number of halogens is 3. The van der Waals surface area contributed by atoms with E-state index in [1.165, 1.54) is 18.3 Å². The molecule has 0 radical (unpaired) electrons. The molecule has 1 fully saturated rings. The highest BCUT2D eigenvalue weighted by molar-refractivity contribution is 5.99. The van der Waals surface area contributed by atoms with Crippen molar-refractivity contribution in [3.63, 3.8) is 0 Å². The molecule has 0 saturated carbocycles. The van der Waals surface area contributed by atoms with E-state index in [0.29, 0.717) is 18.0 Å². The normalized spacial score (nSPS) is 21.0. The second-order valence-electron chi connectivity index (χ2n) is 6.80. The Labute approximate surface area is 150 Å². The van der Waals surface area contributed by atoms with Crippen LogP contribution in [0.1, 0.15) is 49.0 Å². The molecule has 4 nitrogen and oxygen atoms in total. The van der Waals surface area contributed by atoms with Crippen LogP contribution in [-0.4, -0.2) is 28.6 Å². The van der Waals surface area contributed by atoms with Crippen LogP contribution >= 0.6 is 0 Å². The first-order chi connectivity index (χ1) is 12.3. The lowest BCUT2D eigenvalue weighted by Crippen LogP contribution is -2.45. The van der Waals surface area contributed by atoms with Gasteiger partial charge in [0.2, 0.25) is 0 Å². The van der Waals surface area contributed by atoms with Gasteiger partial charge < -0.3 is 9.42 Å². The zero-order chi connectivity index (χ0) is 18.9. The quantitative estimate of drug-likeness (QED) is 0.767. The molecule has 140 valence electrons. The van der Waals surface area contributed by atoms with Crippen LogP contribution in [0.5, 0.6) is 0 Å². The van der Waals surface area contributed by atoms with E-state index in [1.807, 2.05) is 11.8 Å². The molecular formula is C19H21F3N2O2. The molecule has 2 aromatic rings. The van der Waals surface area contributed by atoms with Crippen molar-refractivity contribution < 1.29 is 22.5 Å². The summed E-state index contributed by atoms with van der Waals surface area (Å²) in [6.07, 6.45) is -0.0253. The molecular weight excluding hydrogens is 345 g/mol. The van der Waals surface area contributed by atoms with E-state index in [1.54, 1.807) is 0 Å². The first-order valence-corrected chi connectivity index (χ1v) is 8.74. The van der Waals surface area contributed by atoms with Crippen LogP contribution < -0.4 is 0 Å². The van der Waals surface area contributed by atoms with Gasteiger partial charge in [0.05, 0.1) is 11.8 Å². The third-order valence-corrected chi connectivity index (χ3v) is 5.09. The number of alkyl halides is 3. The Morgan fingerprint density at radius 1 is 1.27 bits per heavy atom. The summed E-state index contributed by atoms with van der Waals surface area (Å²) in [5.41, 5.74) is -0.0620. The Hall–Kier alpha value is -2.31. The molecule has 2 atom stereocenters. The van der Waals surface area contributed by atoms with Crippen molar-refractivity contribution in [2.75, 3.05) is 6.54 Å². The van der Waals surface area contributed by atoms with Gasteiger partial charge in [0.1, 0.15) is 5.56 Å². The van der Waals surface area contributed by atoms with Crippen molar-refractivity contribution in [1.29, 1.82) is 0 Å². The van der Waals surface area contributed by atoms with E-state index >= 15 is 0 Å². The number of piperidine rings is 1. The molecule has 0 aliphatic carbocycles. The van der Waals surface area contributed by atoms with Crippen LogP contribution in [0.4, 0.5) is 13.2 Å². The average molecular weight is 366 g/mol.